The first-order valence-electron chi connectivity index (χ1n) is 7.93. The van der Waals surface area contributed by atoms with Gasteiger partial charge in [-0.2, -0.15) is 0 Å². The van der Waals surface area contributed by atoms with E-state index in [0.29, 0.717) is 28.1 Å². The summed E-state index contributed by atoms with van der Waals surface area (Å²) >= 11 is 3.46. The van der Waals surface area contributed by atoms with E-state index in [1.165, 1.54) is 0 Å². The highest BCUT2D eigenvalue weighted by Crippen LogP contribution is 2.36. The maximum Gasteiger partial charge on any atom is 0.251 e. The van der Waals surface area contributed by atoms with Gasteiger partial charge in [-0.3, -0.25) is 4.79 Å². The SMILES string of the molecule is CCCOc1c(Br)cc(C(=O)NC(C)c2ccccc2)cc1OC. The summed E-state index contributed by atoms with van der Waals surface area (Å²) in [7, 11) is 1.56. The van der Waals surface area contributed by atoms with Gasteiger partial charge in [-0.05, 0) is 47.0 Å². The average Bonchev–Trinajstić information content (AvgIpc) is 2.60. The molecule has 0 spiro atoms. The standard InChI is InChI=1S/C19H22BrNO3/c1-4-10-24-18-16(20)11-15(12-17(18)23-3)19(22)21-13(2)14-8-6-5-7-9-14/h5-9,11-13H,4,10H2,1-3H3,(H,21,22). The lowest BCUT2D eigenvalue weighted by Crippen LogP contribution is -2.26. The zero-order chi connectivity index (χ0) is 17.5. The smallest absolute Gasteiger partial charge is 0.251 e. The Morgan fingerprint density at radius 1 is 1.25 bits per heavy atom. The molecule has 4 nitrogen and oxygen atoms in total. The van der Waals surface area contributed by atoms with Gasteiger partial charge in [0.05, 0.1) is 24.2 Å². The molecule has 0 radical (unpaired) electrons. The number of halogens is 1. The van der Waals surface area contributed by atoms with E-state index in [0.717, 1.165) is 12.0 Å². The molecule has 2 aromatic rings. The van der Waals surface area contributed by atoms with Gasteiger partial charge < -0.3 is 14.8 Å². The van der Waals surface area contributed by atoms with Crippen molar-refractivity contribution in [2.45, 2.75) is 26.3 Å². The molecule has 2 rings (SSSR count). The zero-order valence-electron chi connectivity index (χ0n) is 14.1. The summed E-state index contributed by atoms with van der Waals surface area (Å²) < 4.78 is 11.8. The van der Waals surface area contributed by atoms with E-state index in [1.54, 1.807) is 19.2 Å². The van der Waals surface area contributed by atoms with E-state index in [-0.39, 0.29) is 11.9 Å². The van der Waals surface area contributed by atoms with Gasteiger partial charge in [0.15, 0.2) is 11.5 Å². The lowest BCUT2D eigenvalue weighted by Gasteiger charge is -2.17. The molecule has 24 heavy (non-hydrogen) atoms. The number of hydrogen-bond donors (Lipinski definition) is 1. The van der Waals surface area contributed by atoms with Gasteiger partial charge >= 0.3 is 0 Å². The fraction of sp³-hybridized carbons (Fsp3) is 0.316. The first-order chi connectivity index (χ1) is 11.6. The number of methoxy groups -OCH3 is 1. The monoisotopic (exact) mass is 391 g/mol. The maximum atomic E-state index is 12.5. The Bertz CT molecular complexity index is 689. The minimum absolute atomic E-state index is 0.0838. The summed E-state index contributed by atoms with van der Waals surface area (Å²) in [6.45, 7) is 4.58. The number of rotatable bonds is 7. The van der Waals surface area contributed by atoms with Crippen molar-refractivity contribution in [3.63, 3.8) is 0 Å². The Labute approximate surface area is 151 Å². The van der Waals surface area contributed by atoms with Crippen LogP contribution in [0.3, 0.4) is 0 Å². The predicted octanol–water partition coefficient (Wildman–Crippen LogP) is 4.74. The molecule has 0 aliphatic carbocycles. The second-order valence-corrected chi connectivity index (χ2v) is 6.30. The van der Waals surface area contributed by atoms with Crippen LogP contribution in [0, 0.1) is 0 Å². The highest BCUT2D eigenvalue weighted by atomic mass is 79.9. The number of carbonyl (C=O) groups excluding carboxylic acids is 1. The van der Waals surface area contributed by atoms with Gasteiger partial charge in [0.2, 0.25) is 0 Å². The summed E-state index contributed by atoms with van der Waals surface area (Å²) in [4.78, 5) is 12.5. The van der Waals surface area contributed by atoms with Crippen molar-refractivity contribution in [2.75, 3.05) is 13.7 Å². The topological polar surface area (TPSA) is 47.6 Å². The van der Waals surface area contributed by atoms with Gasteiger partial charge in [0.1, 0.15) is 0 Å². The third-order valence-electron chi connectivity index (χ3n) is 3.59. The van der Waals surface area contributed by atoms with Crippen LogP contribution in [0.2, 0.25) is 0 Å². The second-order valence-electron chi connectivity index (χ2n) is 5.44. The maximum absolute atomic E-state index is 12.5. The van der Waals surface area contributed by atoms with Crippen LogP contribution in [0.4, 0.5) is 0 Å². The minimum Gasteiger partial charge on any atom is -0.493 e. The first kappa shape index (κ1) is 18.3. The number of benzene rings is 2. The van der Waals surface area contributed by atoms with Crippen LogP contribution in [0.25, 0.3) is 0 Å². The largest absolute Gasteiger partial charge is 0.493 e. The Kier molecular flexibility index (Phi) is 6.67. The lowest BCUT2D eigenvalue weighted by atomic mass is 10.1. The van der Waals surface area contributed by atoms with Crippen molar-refractivity contribution >= 4 is 21.8 Å². The molecule has 0 fully saturated rings. The Morgan fingerprint density at radius 3 is 2.58 bits per heavy atom. The first-order valence-corrected chi connectivity index (χ1v) is 8.72. The molecular weight excluding hydrogens is 370 g/mol. The molecule has 0 aliphatic rings. The Hall–Kier alpha value is -2.01. The van der Waals surface area contributed by atoms with Crippen molar-refractivity contribution in [1.29, 1.82) is 0 Å². The zero-order valence-corrected chi connectivity index (χ0v) is 15.7. The molecule has 1 unspecified atom stereocenters. The predicted molar refractivity (Wildman–Crippen MR) is 98.8 cm³/mol. The molecule has 0 saturated heterocycles. The molecule has 1 N–H and O–H groups in total. The fourth-order valence-corrected chi connectivity index (χ4v) is 2.86. The van der Waals surface area contributed by atoms with Gasteiger partial charge in [-0.1, -0.05) is 37.3 Å². The minimum atomic E-state index is -0.160. The Morgan fingerprint density at radius 2 is 1.96 bits per heavy atom. The van der Waals surface area contributed by atoms with Gasteiger partial charge in [-0.15, -0.1) is 0 Å². The van der Waals surface area contributed by atoms with Crippen LogP contribution in [-0.2, 0) is 0 Å². The molecule has 0 heterocycles. The van der Waals surface area contributed by atoms with E-state index < -0.39 is 0 Å². The third kappa shape index (κ3) is 4.51. The van der Waals surface area contributed by atoms with Crippen molar-refractivity contribution in [3.05, 3.63) is 58.1 Å². The normalized spacial score (nSPS) is 11.7. The average molecular weight is 392 g/mol. The summed E-state index contributed by atoms with van der Waals surface area (Å²) in [6.07, 6.45) is 0.895. The molecule has 0 aromatic heterocycles. The molecular formula is C19H22BrNO3. The van der Waals surface area contributed by atoms with Crippen LogP contribution in [0.5, 0.6) is 11.5 Å². The fourth-order valence-electron chi connectivity index (χ4n) is 2.30. The van der Waals surface area contributed by atoms with Crippen LogP contribution < -0.4 is 14.8 Å². The number of carbonyl (C=O) groups is 1. The number of hydrogen-bond acceptors (Lipinski definition) is 3. The molecule has 1 atom stereocenters. The number of nitrogens with one attached hydrogen (secondary N) is 1. The number of ether oxygens (including phenoxy) is 2. The van der Waals surface area contributed by atoms with Crippen molar-refractivity contribution < 1.29 is 14.3 Å². The number of amides is 1. The summed E-state index contributed by atoms with van der Waals surface area (Å²) in [5, 5.41) is 3.00. The molecule has 0 saturated carbocycles. The van der Waals surface area contributed by atoms with E-state index in [4.69, 9.17) is 9.47 Å². The van der Waals surface area contributed by atoms with Gasteiger partial charge in [-0.25, -0.2) is 0 Å². The highest BCUT2D eigenvalue weighted by Gasteiger charge is 2.17. The van der Waals surface area contributed by atoms with Crippen molar-refractivity contribution in [1.82, 2.24) is 5.32 Å². The van der Waals surface area contributed by atoms with Crippen LogP contribution in [-0.4, -0.2) is 19.6 Å². The lowest BCUT2D eigenvalue weighted by molar-refractivity contribution is 0.0939. The molecule has 1 amide bonds. The molecule has 5 heteroatoms. The van der Waals surface area contributed by atoms with E-state index in [1.807, 2.05) is 44.2 Å². The van der Waals surface area contributed by atoms with E-state index in [2.05, 4.69) is 21.2 Å². The summed E-state index contributed by atoms with van der Waals surface area (Å²) in [5.74, 6) is 0.995. The molecule has 0 bridgehead atoms. The van der Waals surface area contributed by atoms with E-state index in [9.17, 15) is 4.79 Å². The molecule has 0 aliphatic heterocycles. The van der Waals surface area contributed by atoms with Crippen LogP contribution in [0.15, 0.2) is 46.9 Å². The highest BCUT2D eigenvalue weighted by molar-refractivity contribution is 9.10. The quantitative estimate of drug-likeness (QED) is 0.741. The molecule has 128 valence electrons. The summed E-state index contributed by atoms with van der Waals surface area (Å²) in [5.41, 5.74) is 1.57. The van der Waals surface area contributed by atoms with Crippen LogP contribution >= 0.6 is 15.9 Å². The van der Waals surface area contributed by atoms with E-state index >= 15 is 0 Å². The third-order valence-corrected chi connectivity index (χ3v) is 4.18. The van der Waals surface area contributed by atoms with Crippen molar-refractivity contribution in [3.8, 4) is 11.5 Å². The van der Waals surface area contributed by atoms with Gasteiger partial charge in [0.25, 0.3) is 5.91 Å². The second kappa shape index (κ2) is 8.73. The van der Waals surface area contributed by atoms with Crippen molar-refractivity contribution in [2.24, 2.45) is 0 Å². The Balaban J connectivity index is 2.19. The van der Waals surface area contributed by atoms with Crippen LogP contribution in [0.1, 0.15) is 42.2 Å². The molecule has 2 aromatic carbocycles. The summed E-state index contributed by atoms with van der Waals surface area (Å²) in [6, 6.07) is 13.2. The van der Waals surface area contributed by atoms with Gasteiger partial charge in [0, 0.05) is 5.56 Å².